The minimum absolute atomic E-state index is 0.00772. The number of piperidine rings is 1. The van der Waals surface area contributed by atoms with Gasteiger partial charge < -0.3 is 9.47 Å². The molecule has 1 saturated carbocycles. The molecule has 5 nitrogen and oxygen atoms in total. The summed E-state index contributed by atoms with van der Waals surface area (Å²) in [4.78, 5) is 18.8. The van der Waals surface area contributed by atoms with Crippen LogP contribution in [0.2, 0.25) is 5.02 Å². The number of halogens is 5. The second kappa shape index (κ2) is 9.97. The lowest BCUT2D eigenvalue weighted by Gasteiger charge is -2.39. The van der Waals surface area contributed by atoms with E-state index < -0.39 is 29.1 Å². The Morgan fingerprint density at radius 1 is 1.08 bits per heavy atom. The molecular weight excluding hydrogens is 524 g/mol. The average molecular weight is 555 g/mol. The first-order valence-electron chi connectivity index (χ1n) is 13.0. The second-order valence-corrected chi connectivity index (χ2v) is 12.0. The van der Waals surface area contributed by atoms with Gasteiger partial charge in [0.25, 0.3) is 0 Å². The molecule has 1 unspecified atom stereocenters. The van der Waals surface area contributed by atoms with E-state index in [0.29, 0.717) is 25.3 Å². The smallest absolute Gasteiger partial charge is 0.417 e. The Morgan fingerprint density at radius 2 is 1.74 bits per heavy atom. The molecule has 5 rings (SSSR count). The van der Waals surface area contributed by atoms with E-state index in [1.807, 2.05) is 0 Å². The van der Waals surface area contributed by atoms with E-state index in [9.17, 15) is 18.0 Å². The van der Waals surface area contributed by atoms with Crippen molar-refractivity contribution in [2.24, 2.45) is 0 Å². The molecular formula is C28H31ClF4N2O3. The quantitative estimate of drug-likeness (QED) is 0.277. The Labute approximate surface area is 224 Å². The first-order chi connectivity index (χ1) is 17.8. The van der Waals surface area contributed by atoms with Gasteiger partial charge in [0.2, 0.25) is 5.88 Å². The minimum Gasteiger partial charge on any atom is -0.473 e. The Bertz CT molecular complexity index is 1210. The maximum Gasteiger partial charge on any atom is 0.417 e. The van der Waals surface area contributed by atoms with E-state index in [0.717, 1.165) is 49.1 Å². The Hall–Kier alpha value is -2.39. The first kappa shape index (κ1) is 27.2. The molecule has 0 radical (unpaired) electrons. The third-order valence-corrected chi connectivity index (χ3v) is 7.74. The van der Waals surface area contributed by atoms with Crippen molar-refractivity contribution in [3.05, 3.63) is 57.5 Å². The summed E-state index contributed by atoms with van der Waals surface area (Å²) in [5.41, 5.74) is 0.239. The van der Waals surface area contributed by atoms with E-state index in [1.165, 1.54) is 6.07 Å². The summed E-state index contributed by atoms with van der Waals surface area (Å²) in [6, 6.07) is 4.37. The molecule has 2 aliphatic heterocycles. The highest BCUT2D eigenvalue weighted by atomic mass is 35.5. The highest BCUT2D eigenvalue weighted by molar-refractivity contribution is 6.31. The van der Waals surface area contributed by atoms with Crippen LogP contribution in [0.5, 0.6) is 5.88 Å². The lowest BCUT2D eigenvalue weighted by molar-refractivity contribution is -0.137. The topological polar surface area (TPSA) is 51.7 Å². The molecule has 2 bridgehead atoms. The fourth-order valence-corrected chi connectivity index (χ4v) is 5.84. The molecule has 3 heterocycles. The molecule has 3 atom stereocenters. The van der Waals surface area contributed by atoms with Crippen LogP contribution in [0.1, 0.15) is 92.3 Å². The maximum atomic E-state index is 15.1. The number of benzene rings is 1. The molecule has 38 heavy (non-hydrogen) atoms. The standard InChI is InChI=1S/C28H31ClF4N2O3/c1-27(2,3)38-26(36)22-12-21(15-4-5-15)16(8-24(22)30)14-35-18-6-7-19(35)11-20(10-18)37-25-23(29)9-17(13-34-25)28(31,32)33/h8-9,12-13,15,18-20H,4-7,10-11,14H2,1-3H3/t18-,19+,20?. The highest BCUT2D eigenvalue weighted by Crippen LogP contribution is 2.45. The number of fused-ring (bicyclic) bond motifs is 2. The van der Waals surface area contributed by atoms with Crippen LogP contribution in [0, 0.1) is 5.82 Å². The molecule has 2 aromatic rings. The molecule has 3 aliphatic rings. The number of esters is 1. The number of ether oxygens (including phenoxy) is 2. The third kappa shape index (κ3) is 5.93. The summed E-state index contributed by atoms with van der Waals surface area (Å²) in [5, 5.41) is -0.163. The zero-order chi connectivity index (χ0) is 27.4. The molecule has 1 aliphatic carbocycles. The SMILES string of the molecule is CC(C)(C)OC(=O)c1cc(C2CC2)c(CN2[C@@H]3CC[C@H]2CC(Oc2ncc(C(F)(F)F)cc2Cl)C3)cc1F. The van der Waals surface area contributed by atoms with Crippen molar-refractivity contribution in [3.63, 3.8) is 0 Å². The van der Waals surface area contributed by atoms with Crippen LogP contribution < -0.4 is 4.74 Å². The minimum atomic E-state index is -4.52. The van der Waals surface area contributed by atoms with E-state index in [4.69, 9.17) is 21.1 Å². The summed E-state index contributed by atoms with van der Waals surface area (Å²) >= 11 is 6.05. The number of carbonyl (C=O) groups excluding carboxylic acids is 1. The molecule has 0 spiro atoms. The van der Waals surface area contributed by atoms with Crippen LogP contribution in [0.15, 0.2) is 24.4 Å². The summed E-state index contributed by atoms with van der Waals surface area (Å²) in [6.07, 6.45) is 1.26. The number of alkyl halides is 3. The molecule has 1 aromatic heterocycles. The van der Waals surface area contributed by atoms with Gasteiger partial charge in [0.15, 0.2) is 0 Å². The molecule has 3 fully saturated rings. The van der Waals surface area contributed by atoms with E-state index >= 15 is 4.39 Å². The fraction of sp³-hybridized carbons (Fsp3) is 0.571. The summed E-state index contributed by atoms with van der Waals surface area (Å²) in [6.45, 7) is 5.83. The van der Waals surface area contributed by atoms with Crippen LogP contribution in [-0.2, 0) is 17.5 Å². The summed E-state index contributed by atoms with van der Waals surface area (Å²) in [5.74, 6) is -0.907. The molecule has 10 heteroatoms. The van der Waals surface area contributed by atoms with Gasteiger partial charge in [-0.05, 0) is 94.5 Å². The van der Waals surface area contributed by atoms with Crippen molar-refractivity contribution < 1.29 is 31.8 Å². The first-order valence-corrected chi connectivity index (χ1v) is 13.4. The number of rotatable bonds is 6. The molecule has 0 amide bonds. The van der Waals surface area contributed by atoms with E-state index in [1.54, 1.807) is 26.8 Å². The van der Waals surface area contributed by atoms with Gasteiger partial charge in [0.05, 0.1) is 11.1 Å². The van der Waals surface area contributed by atoms with Crippen LogP contribution in [0.4, 0.5) is 17.6 Å². The van der Waals surface area contributed by atoms with Gasteiger partial charge in [-0.15, -0.1) is 0 Å². The van der Waals surface area contributed by atoms with Gasteiger partial charge in [0.1, 0.15) is 22.5 Å². The zero-order valence-corrected chi connectivity index (χ0v) is 22.3. The van der Waals surface area contributed by atoms with Crippen molar-refractivity contribution >= 4 is 17.6 Å². The monoisotopic (exact) mass is 554 g/mol. The van der Waals surface area contributed by atoms with Crippen LogP contribution >= 0.6 is 11.6 Å². The van der Waals surface area contributed by atoms with Crippen LogP contribution in [-0.4, -0.2) is 39.6 Å². The van der Waals surface area contributed by atoms with Crippen LogP contribution in [0.25, 0.3) is 0 Å². The Morgan fingerprint density at radius 3 is 2.29 bits per heavy atom. The number of hydrogen-bond acceptors (Lipinski definition) is 5. The van der Waals surface area contributed by atoms with Crippen molar-refractivity contribution in [1.82, 2.24) is 9.88 Å². The Balaban J connectivity index is 1.29. The maximum absolute atomic E-state index is 15.1. The summed E-state index contributed by atoms with van der Waals surface area (Å²) < 4.78 is 65.3. The lowest BCUT2D eigenvalue weighted by Crippen LogP contribution is -2.46. The molecule has 206 valence electrons. The number of carbonyl (C=O) groups is 1. The largest absolute Gasteiger partial charge is 0.473 e. The predicted octanol–water partition coefficient (Wildman–Crippen LogP) is 7.30. The second-order valence-electron chi connectivity index (χ2n) is 11.6. The lowest BCUT2D eigenvalue weighted by atomic mass is 9.95. The van der Waals surface area contributed by atoms with Crippen molar-refractivity contribution in [3.8, 4) is 5.88 Å². The predicted molar refractivity (Wildman–Crippen MR) is 134 cm³/mol. The summed E-state index contributed by atoms with van der Waals surface area (Å²) in [7, 11) is 0. The van der Waals surface area contributed by atoms with E-state index in [2.05, 4.69) is 9.88 Å². The Kier molecular flexibility index (Phi) is 7.14. The molecule has 0 N–H and O–H groups in total. The van der Waals surface area contributed by atoms with Gasteiger partial charge >= 0.3 is 12.1 Å². The van der Waals surface area contributed by atoms with Crippen LogP contribution in [0.3, 0.4) is 0 Å². The number of hydrogen-bond donors (Lipinski definition) is 0. The zero-order valence-electron chi connectivity index (χ0n) is 21.6. The number of aromatic nitrogens is 1. The average Bonchev–Trinajstić information content (AvgIpc) is 3.60. The molecule has 2 saturated heterocycles. The fourth-order valence-electron chi connectivity index (χ4n) is 5.63. The van der Waals surface area contributed by atoms with Gasteiger partial charge in [-0.1, -0.05) is 11.6 Å². The highest BCUT2D eigenvalue weighted by Gasteiger charge is 2.43. The van der Waals surface area contributed by atoms with E-state index in [-0.39, 0.29) is 34.7 Å². The normalized spacial score (nSPS) is 23.9. The van der Waals surface area contributed by atoms with Gasteiger partial charge in [-0.25, -0.2) is 14.2 Å². The van der Waals surface area contributed by atoms with Crippen molar-refractivity contribution in [1.29, 1.82) is 0 Å². The van der Waals surface area contributed by atoms with Gasteiger partial charge in [-0.2, -0.15) is 13.2 Å². The third-order valence-electron chi connectivity index (χ3n) is 7.47. The van der Waals surface area contributed by atoms with Gasteiger partial charge in [-0.3, -0.25) is 4.90 Å². The van der Waals surface area contributed by atoms with Crippen molar-refractivity contribution in [2.45, 2.75) is 102 Å². The number of nitrogens with zero attached hydrogens (tertiary/aromatic N) is 2. The molecule has 1 aromatic carbocycles. The number of pyridine rings is 1. The van der Waals surface area contributed by atoms with Crippen molar-refractivity contribution in [2.75, 3.05) is 0 Å². The van der Waals surface area contributed by atoms with Gasteiger partial charge in [0, 0.05) is 24.8 Å².